The third-order valence-corrected chi connectivity index (χ3v) is 3.47. The fourth-order valence-corrected chi connectivity index (χ4v) is 2.70. The van der Waals surface area contributed by atoms with Crippen LogP contribution in [0, 0.1) is 0 Å². The zero-order chi connectivity index (χ0) is 9.38. The highest BCUT2D eigenvalue weighted by Gasteiger charge is 2.27. The van der Waals surface area contributed by atoms with Crippen molar-refractivity contribution in [2.75, 3.05) is 11.9 Å². The van der Waals surface area contributed by atoms with E-state index in [9.17, 15) is 0 Å². The summed E-state index contributed by atoms with van der Waals surface area (Å²) in [6.45, 7) is 1.02. The van der Waals surface area contributed by atoms with Crippen LogP contribution in [-0.4, -0.2) is 11.7 Å². The molecule has 3 heteroatoms. The standard InChI is InChI=1S/C11H16N2O/c1-2-4-8(5-3-1)10-9-6-7-12-11(9)14-13-10/h8,12H,1-7H2. The van der Waals surface area contributed by atoms with Gasteiger partial charge in [-0.3, -0.25) is 0 Å². The van der Waals surface area contributed by atoms with E-state index in [1.807, 2.05) is 0 Å². The summed E-state index contributed by atoms with van der Waals surface area (Å²) in [5.41, 5.74) is 2.61. The second-order valence-electron chi connectivity index (χ2n) is 4.39. The van der Waals surface area contributed by atoms with E-state index in [1.54, 1.807) is 0 Å². The van der Waals surface area contributed by atoms with E-state index in [0.29, 0.717) is 5.92 Å². The Hall–Kier alpha value is -0.990. The molecule has 76 valence electrons. The van der Waals surface area contributed by atoms with Crippen molar-refractivity contribution >= 4 is 5.88 Å². The molecule has 0 aromatic carbocycles. The highest BCUT2D eigenvalue weighted by Crippen LogP contribution is 2.37. The van der Waals surface area contributed by atoms with Gasteiger partial charge in [0, 0.05) is 18.0 Å². The van der Waals surface area contributed by atoms with E-state index >= 15 is 0 Å². The van der Waals surface area contributed by atoms with Gasteiger partial charge in [-0.25, -0.2) is 0 Å². The predicted molar refractivity (Wildman–Crippen MR) is 54.5 cm³/mol. The Balaban J connectivity index is 1.88. The van der Waals surface area contributed by atoms with E-state index in [-0.39, 0.29) is 0 Å². The number of aromatic nitrogens is 1. The molecule has 2 aliphatic rings. The zero-order valence-electron chi connectivity index (χ0n) is 8.38. The van der Waals surface area contributed by atoms with Gasteiger partial charge in [-0.05, 0) is 19.3 Å². The summed E-state index contributed by atoms with van der Waals surface area (Å²) < 4.78 is 5.30. The molecule has 0 bridgehead atoms. The third kappa shape index (κ3) is 1.22. The van der Waals surface area contributed by atoms with Crippen LogP contribution in [0.25, 0.3) is 0 Å². The maximum Gasteiger partial charge on any atom is 0.228 e. The first-order valence-corrected chi connectivity index (χ1v) is 5.67. The highest BCUT2D eigenvalue weighted by atomic mass is 16.5. The lowest BCUT2D eigenvalue weighted by molar-refractivity contribution is 0.385. The van der Waals surface area contributed by atoms with Gasteiger partial charge in [0.1, 0.15) is 0 Å². The molecule has 1 aromatic rings. The molecule has 0 amide bonds. The lowest BCUT2D eigenvalue weighted by Gasteiger charge is -2.19. The summed E-state index contributed by atoms with van der Waals surface area (Å²) in [6, 6.07) is 0. The molecule has 1 saturated carbocycles. The molecule has 1 aliphatic heterocycles. The summed E-state index contributed by atoms with van der Waals surface area (Å²) in [4.78, 5) is 0. The van der Waals surface area contributed by atoms with Gasteiger partial charge in [0.2, 0.25) is 5.88 Å². The molecular weight excluding hydrogens is 176 g/mol. The molecule has 2 heterocycles. The SMILES string of the molecule is C1CCC(c2noc3c2CCN3)CC1. The van der Waals surface area contributed by atoms with E-state index in [2.05, 4.69) is 10.5 Å². The molecule has 1 fully saturated rings. The lowest BCUT2D eigenvalue weighted by atomic mass is 9.85. The fraction of sp³-hybridized carbons (Fsp3) is 0.727. The zero-order valence-corrected chi connectivity index (χ0v) is 8.38. The number of nitrogens with zero attached hydrogens (tertiary/aromatic N) is 1. The van der Waals surface area contributed by atoms with Crippen LogP contribution in [-0.2, 0) is 6.42 Å². The Kier molecular flexibility index (Phi) is 1.96. The van der Waals surface area contributed by atoms with Crippen LogP contribution in [0.5, 0.6) is 0 Å². The van der Waals surface area contributed by atoms with Crippen molar-refractivity contribution in [3.8, 4) is 0 Å². The van der Waals surface area contributed by atoms with E-state index < -0.39 is 0 Å². The summed E-state index contributed by atoms with van der Waals surface area (Å²) in [7, 11) is 0. The average molecular weight is 192 g/mol. The Bertz CT molecular complexity index is 326. The van der Waals surface area contributed by atoms with Gasteiger partial charge in [-0.2, -0.15) is 0 Å². The smallest absolute Gasteiger partial charge is 0.228 e. The third-order valence-electron chi connectivity index (χ3n) is 3.47. The molecule has 1 N–H and O–H groups in total. The normalized spacial score (nSPS) is 22.0. The fourth-order valence-electron chi connectivity index (χ4n) is 2.70. The molecule has 0 saturated heterocycles. The van der Waals surface area contributed by atoms with E-state index in [1.165, 1.54) is 43.4 Å². The monoisotopic (exact) mass is 192 g/mol. The predicted octanol–water partition coefficient (Wildman–Crippen LogP) is 2.69. The van der Waals surface area contributed by atoms with Crippen molar-refractivity contribution < 1.29 is 4.52 Å². The van der Waals surface area contributed by atoms with Gasteiger partial charge in [0.15, 0.2) is 0 Å². The lowest BCUT2D eigenvalue weighted by Crippen LogP contribution is -2.07. The number of rotatable bonds is 1. The number of fused-ring (bicyclic) bond motifs is 1. The van der Waals surface area contributed by atoms with Gasteiger partial charge < -0.3 is 9.84 Å². The number of anilines is 1. The molecule has 0 radical (unpaired) electrons. The maximum atomic E-state index is 5.30. The van der Waals surface area contributed by atoms with Gasteiger partial charge in [0.25, 0.3) is 0 Å². The highest BCUT2D eigenvalue weighted by molar-refractivity contribution is 5.49. The molecule has 14 heavy (non-hydrogen) atoms. The van der Waals surface area contributed by atoms with Crippen LogP contribution in [0.2, 0.25) is 0 Å². The van der Waals surface area contributed by atoms with Crippen molar-refractivity contribution in [2.45, 2.75) is 44.4 Å². The van der Waals surface area contributed by atoms with Crippen LogP contribution in [0.1, 0.15) is 49.3 Å². The minimum absolute atomic E-state index is 0.677. The largest absolute Gasteiger partial charge is 0.353 e. The van der Waals surface area contributed by atoms with Gasteiger partial charge in [0.05, 0.1) is 5.69 Å². The second-order valence-corrected chi connectivity index (χ2v) is 4.39. The van der Waals surface area contributed by atoms with Crippen LogP contribution in [0.4, 0.5) is 5.88 Å². The minimum atomic E-state index is 0.677. The molecule has 0 spiro atoms. The summed E-state index contributed by atoms with van der Waals surface area (Å²) >= 11 is 0. The van der Waals surface area contributed by atoms with Crippen LogP contribution in [0.3, 0.4) is 0 Å². The van der Waals surface area contributed by atoms with Crippen molar-refractivity contribution in [1.82, 2.24) is 5.16 Å². The quantitative estimate of drug-likeness (QED) is 0.743. The Morgan fingerprint density at radius 1 is 1.21 bits per heavy atom. The molecule has 3 rings (SSSR count). The molecule has 1 aliphatic carbocycles. The van der Waals surface area contributed by atoms with Gasteiger partial charge in [-0.15, -0.1) is 0 Å². The van der Waals surface area contributed by atoms with Crippen molar-refractivity contribution in [3.05, 3.63) is 11.3 Å². The second kappa shape index (κ2) is 3.30. The molecule has 0 unspecified atom stereocenters. The Morgan fingerprint density at radius 2 is 2.07 bits per heavy atom. The number of hydrogen-bond donors (Lipinski definition) is 1. The van der Waals surface area contributed by atoms with Crippen LogP contribution < -0.4 is 5.32 Å². The number of hydrogen-bond acceptors (Lipinski definition) is 3. The minimum Gasteiger partial charge on any atom is -0.353 e. The van der Waals surface area contributed by atoms with Crippen LogP contribution >= 0.6 is 0 Å². The summed E-state index contributed by atoms with van der Waals surface area (Å²) in [5, 5.41) is 7.45. The first-order valence-electron chi connectivity index (χ1n) is 5.67. The topological polar surface area (TPSA) is 38.1 Å². The van der Waals surface area contributed by atoms with Crippen molar-refractivity contribution in [1.29, 1.82) is 0 Å². The first-order chi connectivity index (χ1) is 6.95. The Morgan fingerprint density at radius 3 is 2.93 bits per heavy atom. The number of nitrogens with one attached hydrogen (secondary N) is 1. The van der Waals surface area contributed by atoms with Crippen molar-refractivity contribution in [3.63, 3.8) is 0 Å². The van der Waals surface area contributed by atoms with E-state index in [4.69, 9.17) is 4.52 Å². The molecular formula is C11H16N2O. The molecule has 0 atom stereocenters. The van der Waals surface area contributed by atoms with Gasteiger partial charge >= 0.3 is 0 Å². The Labute approximate surface area is 83.9 Å². The van der Waals surface area contributed by atoms with Crippen molar-refractivity contribution in [2.24, 2.45) is 0 Å². The average Bonchev–Trinajstić information content (AvgIpc) is 2.79. The van der Waals surface area contributed by atoms with Gasteiger partial charge in [-0.1, -0.05) is 24.4 Å². The summed E-state index contributed by atoms with van der Waals surface area (Å²) in [6.07, 6.45) is 7.83. The maximum absolute atomic E-state index is 5.30. The molecule has 1 aromatic heterocycles. The molecule has 3 nitrogen and oxygen atoms in total. The summed E-state index contributed by atoms with van der Waals surface area (Å²) in [5.74, 6) is 1.61. The van der Waals surface area contributed by atoms with Crippen LogP contribution in [0.15, 0.2) is 4.52 Å². The first kappa shape index (κ1) is 8.33. The van der Waals surface area contributed by atoms with E-state index in [0.717, 1.165) is 18.8 Å².